The van der Waals surface area contributed by atoms with E-state index in [-0.39, 0.29) is 36.1 Å². The summed E-state index contributed by atoms with van der Waals surface area (Å²) in [5, 5.41) is 9.06. The van der Waals surface area contributed by atoms with Crippen LogP contribution in [0.4, 0.5) is 4.39 Å². The van der Waals surface area contributed by atoms with Crippen LogP contribution in [0.25, 0.3) is 6.08 Å². The van der Waals surface area contributed by atoms with Crippen LogP contribution >= 0.6 is 35.6 Å². The predicted octanol–water partition coefficient (Wildman–Crippen LogP) is 5.52. The Morgan fingerprint density at radius 3 is 2.76 bits per heavy atom. The minimum Gasteiger partial charge on any atom is -0.490 e. The van der Waals surface area contributed by atoms with Crippen LogP contribution in [0.2, 0.25) is 5.02 Å². The standard InChI is InChI=1S/C23H21ClFNO5S2/c1-2-30-19-11-14(8-9-18(19)31-13-15-16(24)5-3-6-17(15)25)12-20-22(29)26(23(32)33-20)10-4-7-21(27)28/h3,5-6,8-9,11-12H,2,4,7,10,13H2,1H3,(H,27,28)/b20-12+. The lowest BCUT2D eigenvalue weighted by molar-refractivity contribution is -0.137. The number of aliphatic carboxylic acids is 1. The molecule has 1 saturated heterocycles. The average Bonchev–Trinajstić information content (AvgIpc) is 3.02. The second-order valence-electron chi connectivity index (χ2n) is 6.96. The van der Waals surface area contributed by atoms with Gasteiger partial charge in [0, 0.05) is 18.5 Å². The normalized spacial score (nSPS) is 14.8. The number of carboxylic acids is 1. The third-order valence-electron chi connectivity index (χ3n) is 4.65. The number of carbonyl (C=O) groups excluding carboxylic acids is 1. The van der Waals surface area contributed by atoms with Gasteiger partial charge in [-0.3, -0.25) is 14.5 Å². The number of benzene rings is 2. The highest BCUT2D eigenvalue weighted by molar-refractivity contribution is 8.26. The van der Waals surface area contributed by atoms with Crippen LogP contribution in [0.15, 0.2) is 41.3 Å². The zero-order valence-corrected chi connectivity index (χ0v) is 20.1. The first-order valence-electron chi connectivity index (χ1n) is 10.1. The smallest absolute Gasteiger partial charge is 0.303 e. The van der Waals surface area contributed by atoms with Gasteiger partial charge in [0.1, 0.15) is 16.7 Å². The molecule has 174 valence electrons. The van der Waals surface area contributed by atoms with E-state index in [0.717, 1.165) is 11.8 Å². The summed E-state index contributed by atoms with van der Waals surface area (Å²) in [6.45, 7) is 2.39. The topological polar surface area (TPSA) is 76.1 Å². The van der Waals surface area contributed by atoms with Gasteiger partial charge in [-0.2, -0.15) is 0 Å². The SMILES string of the molecule is CCOc1cc(/C=C2/SC(=S)N(CCCC(=O)O)C2=O)ccc1OCc1c(F)cccc1Cl. The van der Waals surface area contributed by atoms with Gasteiger partial charge >= 0.3 is 5.97 Å². The fraction of sp³-hybridized carbons (Fsp3) is 0.261. The molecule has 1 N–H and O–H groups in total. The predicted molar refractivity (Wildman–Crippen MR) is 130 cm³/mol. The minimum absolute atomic E-state index is 0.0343. The van der Waals surface area contributed by atoms with Crippen LogP contribution in [0.1, 0.15) is 30.9 Å². The average molecular weight is 510 g/mol. The van der Waals surface area contributed by atoms with E-state index in [0.29, 0.717) is 39.3 Å². The molecule has 33 heavy (non-hydrogen) atoms. The molecule has 0 radical (unpaired) electrons. The van der Waals surface area contributed by atoms with Gasteiger partial charge in [0.25, 0.3) is 5.91 Å². The molecule has 1 fully saturated rings. The van der Waals surface area contributed by atoms with Gasteiger partial charge in [0.2, 0.25) is 0 Å². The van der Waals surface area contributed by atoms with Crippen molar-refractivity contribution in [3.05, 3.63) is 63.3 Å². The molecule has 3 rings (SSSR count). The summed E-state index contributed by atoms with van der Waals surface area (Å²) in [5.74, 6) is -0.783. The summed E-state index contributed by atoms with van der Waals surface area (Å²) < 4.78 is 25.9. The molecule has 0 saturated carbocycles. The molecule has 0 bridgehead atoms. The fourth-order valence-electron chi connectivity index (χ4n) is 3.05. The number of thioether (sulfide) groups is 1. The highest BCUT2D eigenvalue weighted by atomic mass is 35.5. The molecular weight excluding hydrogens is 489 g/mol. The fourth-order valence-corrected chi connectivity index (χ4v) is 4.58. The van der Waals surface area contributed by atoms with Crippen LogP contribution in [-0.4, -0.2) is 39.4 Å². The summed E-state index contributed by atoms with van der Waals surface area (Å²) in [5.41, 5.74) is 0.943. The molecule has 2 aromatic carbocycles. The van der Waals surface area contributed by atoms with Crippen molar-refractivity contribution in [3.63, 3.8) is 0 Å². The van der Waals surface area contributed by atoms with E-state index in [4.69, 9.17) is 38.4 Å². The molecule has 10 heteroatoms. The van der Waals surface area contributed by atoms with Crippen molar-refractivity contribution in [2.75, 3.05) is 13.2 Å². The molecule has 0 aliphatic carbocycles. The van der Waals surface area contributed by atoms with Gasteiger partial charge in [-0.15, -0.1) is 0 Å². The molecule has 1 heterocycles. The second-order valence-corrected chi connectivity index (χ2v) is 9.04. The van der Waals surface area contributed by atoms with Gasteiger partial charge in [0.05, 0.1) is 16.5 Å². The van der Waals surface area contributed by atoms with Gasteiger partial charge in [0.15, 0.2) is 11.5 Å². The van der Waals surface area contributed by atoms with Crippen LogP contribution in [0, 0.1) is 5.82 Å². The minimum atomic E-state index is -0.918. The molecule has 6 nitrogen and oxygen atoms in total. The van der Waals surface area contributed by atoms with Gasteiger partial charge in [-0.05, 0) is 49.2 Å². The van der Waals surface area contributed by atoms with Crippen molar-refractivity contribution < 1.29 is 28.6 Å². The number of halogens is 2. The highest BCUT2D eigenvalue weighted by Gasteiger charge is 2.31. The number of carboxylic acid groups (broad SMARTS) is 1. The Bertz CT molecular complexity index is 1090. The number of nitrogens with zero attached hydrogens (tertiary/aromatic N) is 1. The monoisotopic (exact) mass is 509 g/mol. The third kappa shape index (κ3) is 6.46. The lowest BCUT2D eigenvalue weighted by Gasteiger charge is -2.14. The van der Waals surface area contributed by atoms with Gasteiger partial charge in [-0.25, -0.2) is 4.39 Å². The summed E-state index contributed by atoms with van der Waals surface area (Å²) in [6.07, 6.45) is 1.98. The van der Waals surface area contributed by atoms with E-state index < -0.39 is 11.8 Å². The van der Waals surface area contributed by atoms with E-state index in [1.807, 2.05) is 6.92 Å². The van der Waals surface area contributed by atoms with Crippen LogP contribution in [0.5, 0.6) is 11.5 Å². The number of ether oxygens (including phenoxy) is 2. The number of rotatable bonds is 10. The highest BCUT2D eigenvalue weighted by Crippen LogP contribution is 2.35. The molecule has 2 aromatic rings. The molecule has 1 aliphatic rings. The second kappa shape index (κ2) is 11.5. The largest absolute Gasteiger partial charge is 0.490 e. The zero-order valence-electron chi connectivity index (χ0n) is 17.7. The summed E-state index contributed by atoms with van der Waals surface area (Å²) in [6, 6.07) is 9.58. The molecule has 1 aliphatic heterocycles. The van der Waals surface area contributed by atoms with E-state index >= 15 is 0 Å². The first-order chi connectivity index (χ1) is 15.8. The zero-order chi connectivity index (χ0) is 24.0. The molecule has 0 atom stereocenters. The molecule has 1 amide bonds. The van der Waals surface area contributed by atoms with Crippen molar-refractivity contribution >= 4 is 57.9 Å². The first kappa shape index (κ1) is 25.0. The van der Waals surface area contributed by atoms with Crippen molar-refractivity contribution in [2.45, 2.75) is 26.4 Å². The number of hydrogen-bond donors (Lipinski definition) is 1. The van der Waals surface area contributed by atoms with Crippen molar-refractivity contribution in [1.29, 1.82) is 0 Å². The van der Waals surface area contributed by atoms with E-state index in [1.165, 1.54) is 17.0 Å². The quantitative estimate of drug-likeness (QED) is 0.333. The van der Waals surface area contributed by atoms with E-state index in [9.17, 15) is 14.0 Å². The summed E-state index contributed by atoms with van der Waals surface area (Å²) in [4.78, 5) is 25.3. The number of hydrogen-bond acceptors (Lipinski definition) is 6. The van der Waals surface area contributed by atoms with E-state index in [1.54, 1.807) is 30.3 Å². The number of carbonyl (C=O) groups is 2. The number of amides is 1. The Balaban J connectivity index is 1.76. The molecule has 0 unspecified atom stereocenters. The Morgan fingerprint density at radius 1 is 1.27 bits per heavy atom. The molecular formula is C23H21ClFNO5S2. The van der Waals surface area contributed by atoms with E-state index in [2.05, 4.69) is 0 Å². The van der Waals surface area contributed by atoms with Gasteiger partial charge < -0.3 is 14.6 Å². The Labute approximate surface area is 205 Å². The molecule has 0 aromatic heterocycles. The lowest BCUT2D eigenvalue weighted by atomic mass is 10.1. The maximum atomic E-state index is 14.0. The Kier molecular flexibility index (Phi) is 8.71. The lowest BCUT2D eigenvalue weighted by Crippen LogP contribution is -2.29. The summed E-state index contributed by atoms with van der Waals surface area (Å²) >= 11 is 12.5. The third-order valence-corrected chi connectivity index (χ3v) is 6.38. The maximum absolute atomic E-state index is 14.0. The summed E-state index contributed by atoms with van der Waals surface area (Å²) in [7, 11) is 0. The van der Waals surface area contributed by atoms with Gasteiger partial charge in [-0.1, -0.05) is 47.7 Å². The van der Waals surface area contributed by atoms with Crippen molar-refractivity contribution in [1.82, 2.24) is 4.90 Å². The van der Waals surface area contributed by atoms with Crippen molar-refractivity contribution in [3.8, 4) is 11.5 Å². The Hall–Kier alpha value is -2.62. The number of thiocarbonyl (C=S) groups is 1. The first-order valence-corrected chi connectivity index (χ1v) is 11.7. The van der Waals surface area contributed by atoms with Crippen LogP contribution < -0.4 is 9.47 Å². The van der Waals surface area contributed by atoms with Crippen LogP contribution in [0.3, 0.4) is 0 Å². The van der Waals surface area contributed by atoms with Crippen LogP contribution in [-0.2, 0) is 16.2 Å². The Morgan fingerprint density at radius 2 is 2.06 bits per heavy atom. The van der Waals surface area contributed by atoms with Crippen molar-refractivity contribution in [2.24, 2.45) is 0 Å². The maximum Gasteiger partial charge on any atom is 0.303 e. The molecule has 0 spiro atoms.